The van der Waals surface area contributed by atoms with E-state index in [2.05, 4.69) is 10.2 Å². The Hall–Kier alpha value is -2.37. The number of hydrogen-bond donors (Lipinski definition) is 0. The summed E-state index contributed by atoms with van der Waals surface area (Å²) in [4.78, 5) is 14.3. The molecule has 1 amide bonds. The number of aromatic nitrogens is 2. The minimum absolute atomic E-state index is 0.123. The van der Waals surface area contributed by atoms with Crippen LogP contribution in [-0.2, 0) is 4.79 Å². The second-order valence-corrected chi connectivity index (χ2v) is 6.54. The van der Waals surface area contributed by atoms with Crippen molar-refractivity contribution >= 4 is 5.91 Å². The van der Waals surface area contributed by atoms with Gasteiger partial charge in [0, 0.05) is 19.0 Å². The first-order valence-electron chi connectivity index (χ1n) is 8.52. The first-order valence-corrected chi connectivity index (χ1v) is 8.52. The minimum atomic E-state index is 0.123. The largest absolute Gasteiger partial charge is 0.496 e. The topological polar surface area (TPSA) is 68.5 Å². The van der Waals surface area contributed by atoms with Gasteiger partial charge in [0.1, 0.15) is 5.75 Å². The van der Waals surface area contributed by atoms with Crippen molar-refractivity contribution in [2.75, 3.05) is 20.2 Å². The summed E-state index contributed by atoms with van der Waals surface area (Å²) in [7, 11) is 1.62. The van der Waals surface area contributed by atoms with E-state index in [9.17, 15) is 4.79 Å². The molecule has 6 heteroatoms. The van der Waals surface area contributed by atoms with Crippen LogP contribution in [0.25, 0.3) is 11.5 Å². The van der Waals surface area contributed by atoms with Crippen LogP contribution < -0.4 is 4.74 Å². The lowest BCUT2D eigenvalue weighted by atomic mass is 9.97. The highest BCUT2D eigenvalue weighted by Gasteiger charge is 2.36. The number of benzene rings is 1. The third-order valence-corrected chi connectivity index (χ3v) is 4.79. The smallest absolute Gasteiger partial charge is 0.251 e. The third-order valence-electron chi connectivity index (χ3n) is 4.79. The van der Waals surface area contributed by atoms with Crippen LogP contribution in [-0.4, -0.2) is 41.2 Å². The van der Waals surface area contributed by atoms with Gasteiger partial charge in [-0.15, -0.1) is 10.2 Å². The molecular weight excluding hydrogens is 306 g/mol. The van der Waals surface area contributed by atoms with Gasteiger partial charge in [-0.2, -0.15) is 0 Å². The van der Waals surface area contributed by atoms with Gasteiger partial charge >= 0.3 is 0 Å². The number of piperidine rings is 1. The van der Waals surface area contributed by atoms with Crippen molar-refractivity contribution in [2.24, 2.45) is 5.92 Å². The highest BCUT2D eigenvalue weighted by molar-refractivity contribution is 5.81. The minimum Gasteiger partial charge on any atom is -0.496 e. The Morgan fingerprint density at radius 2 is 2.08 bits per heavy atom. The van der Waals surface area contributed by atoms with Crippen molar-refractivity contribution in [3.05, 3.63) is 30.2 Å². The van der Waals surface area contributed by atoms with E-state index in [-0.39, 0.29) is 11.8 Å². The predicted octanol–water partition coefficient (Wildman–Crippen LogP) is 2.86. The van der Waals surface area contributed by atoms with Crippen LogP contribution in [0.15, 0.2) is 28.7 Å². The molecule has 1 aromatic heterocycles. The van der Waals surface area contributed by atoms with Crippen molar-refractivity contribution in [3.8, 4) is 17.2 Å². The molecular formula is C18H21N3O3. The lowest BCUT2D eigenvalue weighted by molar-refractivity contribution is -0.133. The zero-order chi connectivity index (χ0) is 16.5. The molecule has 1 saturated carbocycles. The molecule has 1 aliphatic heterocycles. The lowest BCUT2D eigenvalue weighted by Gasteiger charge is -2.31. The molecule has 6 nitrogen and oxygen atoms in total. The molecule has 2 aromatic rings. The van der Waals surface area contributed by atoms with Gasteiger partial charge in [0.2, 0.25) is 11.8 Å². The molecule has 1 aromatic carbocycles. The van der Waals surface area contributed by atoms with Gasteiger partial charge in [-0.25, -0.2) is 0 Å². The molecule has 1 saturated heterocycles. The first-order chi connectivity index (χ1) is 11.8. The molecule has 2 heterocycles. The Labute approximate surface area is 140 Å². The number of para-hydroxylation sites is 1. The van der Waals surface area contributed by atoms with Crippen molar-refractivity contribution in [1.82, 2.24) is 15.1 Å². The Morgan fingerprint density at radius 1 is 1.25 bits per heavy atom. The Balaban J connectivity index is 1.52. The van der Waals surface area contributed by atoms with Gasteiger partial charge in [0.15, 0.2) is 0 Å². The van der Waals surface area contributed by atoms with Crippen LogP contribution in [0.2, 0.25) is 0 Å². The maximum atomic E-state index is 12.3. The zero-order valence-corrected chi connectivity index (χ0v) is 13.8. The fraction of sp³-hybridized carbons (Fsp3) is 0.500. The van der Waals surface area contributed by atoms with Crippen LogP contribution in [0.5, 0.6) is 5.75 Å². The van der Waals surface area contributed by atoms with Gasteiger partial charge in [0.25, 0.3) is 5.89 Å². The van der Waals surface area contributed by atoms with E-state index in [1.807, 2.05) is 29.2 Å². The number of hydrogen-bond acceptors (Lipinski definition) is 5. The van der Waals surface area contributed by atoms with E-state index in [4.69, 9.17) is 9.15 Å². The van der Waals surface area contributed by atoms with Crippen LogP contribution >= 0.6 is 0 Å². The summed E-state index contributed by atoms with van der Waals surface area (Å²) in [5.41, 5.74) is 0.792. The van der Waals surface area contributed by atoms with Gasteiger partial charge in [-0.1, -0.05) is 12.1 Å². The maximum Gasteiger partial charge on any atom is 0.251 e. The number of ether oxygens (including phenoxy) is 1. The number of carbonyl (C=O) groups excluding carboxylic acids is 1. The van der Waals surface area contributed by atoms with Crippen molar-refractivity contribution in [3.63, 3.8) is 0 Å². The summed E-state index contributed by atoms with van der Waals surface area (Å²) in [5.74, 6) is 2.47. The van der Waals surface area contributed by atoms with Crippen LogP contribution in [0, 0.1) is 5.92 Å². The molecule has 2 fully saturated rings. The van der Waals surface area contributed by atoms with Crippen molar-refractivity contribution in [1.29, 1.82) is 0 Å². The molecule has 0 radical (unpaired) electrons. The van der Waals surface area contributed by atoms with Gasteiger partial charge in [-0.05, 0) is 37.8 Å². The fourth-order valence-electron chi connectivity index (χ4n) is 3.30. The SMILES string of the molecule is COc1ccccc1-c1nnc([C@@H]2CCCN(C(=O)C3CC3)C2)o1. The Kier molecular flexibility index (Phi) is 3.96. The van der Waals surface area contributed by atoms with Gasteiger partial charge in [0.05, 0.1) is 18.6 Å². The Bertz CT molecular complexity index is 739. The highest BCUT2D eigenvalue weighted by Crippen LogP contribution is 2.35. The van der Waals surface area contributed by atoms with E-state index in [1.165, 1.54) is 0 Å². The molecule has 2 aliphatic rings. The number of rotatable bonds is 4. The molecule has 0 N–H and O–H groups in total. The molecule has 0 unspecified atom stereocenters. The van der Waals surface area contributed by atoms with E-state index in [0.717, 1.165) is 37.8 Å². The average molecular weight is 327 g/mol. The normalized spacial score (nSPS) is 20.9. The Morgan fingerprint density at radius 3 is 2.88 bits per heavy atom. The van der Waals surface area contributed by atoms with Crippen LogP contribution in [0.1, 0.15) is 37.5 Å². The third kappa shape index (κ3) is 2.88. The van der Waals surface area contributed by atoms with Gasteiger partial charge < -0.3 is 14.1 Å². The average Bonchev–Trinajstić information content (AvgIpc) is 3.37. The summed E-state index contributed by atoms with van der Waals surface area (Å²) in [6.45, 7) is 1.53. The molecule has 0 spiro atoms. The van der Waals surface area contributed by atoms with Crippen molar-refractivity contribution in [2.45, 2.75) is 31.6 Å². The summed E-state index contributed by atoms with van der Waals surface area (Å²) >= 11 is 0. The zero-order valence-electron chi connectivity index (χ0n) is 13.8. The molecule has 1 aliphatic carbocycles. The highest BCUT2D eigenvalue weighted by atomic mass is 16.5. The quantitative estimate of drug-likeness (QED) is 0.864. The molecule has 4 rings (SSSR count). The summed E-state index contributed by atoms with van der Waals surface area (Å²) < 4.78 is 11.3. The summed E-state index contributed by atoms with van der Waals surface area (Å²) in [6, 6.07) is 7.59. The lowest BCUT2D eigenvalue weighted by Crippen LogP contribution is -2.40. The molecule has 0 bridgehead atoms. The molecule has 24 heavy (non-hydrogen) atoms. The van der Waals surface area contributed by atoms with E-state index >= 15 is 0 Å². The maximum absolute atomic E-state index is 12.3. The standard InChI is InChI=1S/C18H21N3O3/c1-23-15-7-3-2-6-14(15)17-20-19-16(24-17)13-5-4-10-21(11-13)18(22)12-8-9-12/h2-3,6-7,12-13H,4-5,8-11H2,1H3/t13-/m1/s1. The number of nitrogens with zero attached hydrogens (tertiary/aromatic N) is 3. The summed E-state index contributed by atoms with van der Waals surface area (Å²) in [6.07, 6.45) is 4.04. The number of methoxy groups -OCH3 is 1. The number of carbonyl (C=O) groups is 1. The molecule has 1 atom stereocenters. The van der Waals surface area contributed by atoms with Crippen LogP contribution in [0.4, 0.5) is 0 Å². The van der Waals surface area contributed by atoms with Crippen LogP contribution in [0.3, 0.4) is 0 Å². The summed E-state index contributed by atoms with van der Waals surface area (Å²) in [5, 5.41) is 8.42. The second kappa shape index (κ2) is 6.26. The van der Waals surface area contributed by atoms with E-state index in [1.54, 1.807) is 7.11 Å². The first kappa shape index (κ1) is 15.2. The molecule has 126 valence electrons. The monoisotopic (exact) mass is 327 g/mol. The second-order valence-electron chi connectivity index (χ2n) is 6.54. The van der Waals surface area contributed by atoms with Gasteiger partial charge in [-0.3, -0.25) is 4.79 Å². The van der Waals surface area contributed by atoms with Crippen molar-refractivity contribution < 1.29 is 13.9 Å². The van der Waals surface area contributed by atoms with E-state index < -0.39 is 0 Å². The fourth-order valence-corrected chi connectivity index (χ4v) is 3.30. The predicted molar refractivity (Wildman–Crippen MR) is 87.6 cm³/mol. The van der Waals surface area contributed by atoms with E-state index in [0.29, 0.717) is 30.0 Å². The number of likely N-dealkylation sites (tertiary alicyclic amines) is 1. The number of amides is 1.